The Morgan fingerprint density at radius 2 is 1.68 bits per heavy atom. The Bertz CT molecular complexity index is 1360. The molecule has 1 fully saturated rings. The number of nitrogens with zero attached hydrogens (tertiary/aromatic N) is 1. The van der Waals surface area contributed by atoms with E-state index >= 15 is 0 Å². The number of ether oxygens (including phenoxy) is 1. The molecule has 38 heavy (non-hydrogen) atoms. The number of nitrogens with one attached hydrogen (secondary N) is 1. The molecule has 3 aromatic rings. The summed E-state index contributed by atoms with van der Waals surface area (Å²) < 4.78 is 32.6. The van der Waals surface area contributed by atoms with Gasteiger partial charge in [-0.25, -0.2) is 8.42 Å². The van der Waals surface area contributed by atoms with Crippen LogP contribution in [-0.2, 0) is 27.8 Å². The Hall–Kier alpha value is -2.85. The lowest BCUT2D eigenvalue weighted by atomic mass is 10.0. The minimum Gasteiger partial charge on any atom is -0.496 e. The average Bonchev–Trinajstić information content (AvgIpc) is 2.91. The van der Waals surface area contributed by atoms with Gasteiger partial charge in [0.15, 0.2) is 0 Å². The van der Waals surface area contributed by atoms with Crippen LogP contribution in [0.1, 0.15) is 25.0 Å². The zero-order valence-electron chi connectivity index (χ0n) is 21.9. The molecule has 1 saturated heterocycles. The monoisotopic (exact) mass is 554 g/mol. The maximum absolute atomic E-state index is 13.4. The summed E-state index contributed by atoms with van der Waals surface area (Å²) in [5, 5.41) is 13.2. The number of benzene rings is 3. The number of carboxylic acid groups (broad SMARTS) is 1. The molecule has 0 aliphatic carbocycles. The first-order chi connectivity index (χ1) is 18.1. The van der Waals surface area contributed by atoms with E-state index in [1.165, 1.54) is 17.3 Å². The van der Waals surface area contributed by atoms with Crippen molar-refractivity contribution < 1.29 is 23.1 Å². The second-order valence-corrected chi connectivity index (χ2v) is 13.4. The Kier molecular flexibility index (Phi) is 8.82. The number of thioether (sulfide) groups is 1. The van der Waals surface area contributed by atoms with Crippen LogP contribution in [0.3, 0.4) is 0 Å². The largest absolute Gasteiger partial charge is 0.496 e. The summed E-state index contributed by atoms with van der Waals surface area (Å²) in [7, 11) is -2.26. The van der Waals surface area contributed by atoms with Crippen LogP contribution >= 0.6 is 11.8 Å². The van der Waals surface area contributed by atoms with Crippen molar-refractivity contribution in [3.63, 3.8) is 0 Å². The summed E-state index contributed by atoms with van der Waals surface area (Å²) in [5.74, 6) is 0.324. The SMILES string of the molecule is COc1ccccc1CCNCc1ccc(-c2ccc(S(=O)(=O)N3CCSC(C)(C)[C@@H]3C(=O)O)cc2)cc1. The van der Waals surface area contributed by atoms with E-state index in [1.54, 1.807) is 45.2 Å². The molecule has 1 aliphatic rings. The number of hydrogen-bond donors (Lipinski definition) is 2. The van der Waals surface area contributed by atoms with E-state index in [4.69, 9.17) is 4.74 Å². The van der Waals surface area contributed by atoms with Crippen molar-refractivity contribution >= 4 is 27.8 Å². The zero-order chi connectivity index (χ0) is 27.3. The molecule has 0 radical (unpaired) electrons. The third kappa shape index (κ3) is 6.23. The third-order valence-corrected chi connectivity index (χ3v) is 10.0. The Morgan fingerprint density at radius 3 is 2.32 bits per heavy atom. The third-order valence-electron chi connectivity index (χ3n) is 6.81. The molecule has 0 amide bonds. The fraction of sp³-hybridized carbons (Fsp3) is 0.345. The van der Waals surface area contributed by atoms with E-state index in [1.807, 2.05) is 30.3 Å². The van der Waals surface area contributed by atoms with Crippen molar-refractivity contribution in [1.29, 1.82) is 0 Å². The molecule has 9 heteroatoms. The lowest BCUT2D eigenvalue weighted by molar-refractivity contribution is -0.142. The Balaban J connectivity index is 1.39. The second kappa shape index (κ2) is 11.9. The van der Waals surface area contributed by atoms with E-state index in [9.17, 15) is 18.3 Å². The molecule has 4 rings (SSSR count). The average molecular weight is 555 g/mol. The molecule has 3 aromatic carbocycles. The quantitative estimate of drug-likeness (QED) is 0.352. The van der Waals surface area contributed by atoms with Gasteiger partial charge >= 0.3 is 5.97 Å². The molecule has 0 bridgehead atoms. The van der Waals surface area contributed by atoms with Crippen LogP contribution in [-0.4, -0.2) is 60.5 Å². The summed E-state index contributed by atoms with van der Waals surface area (Å²) in [5.41, 5.74) is 4.19. The molecule has 2 N–H and O–H groups in total. The van der Waals surface area contributed by atoms with Crippen molar-refractivity contribution in [3.05, 3.63) is 83.9 Å². The van der Waals surface area contributed by atoms with Crippen molar-refractivity contribution in [1.82, 2.24) is 9.62 Å². The first kappa shape index (κ1) is 28.2. The molecule has 1 heterocycles. The molecule has 1 aliphatic heterocycles. The summed E-state index contributed by atoms with van der Waals surface area (Å²) >= 11 is 1.48. The van der Waals surface area contributed by atoms with Crippen molar-refractivity contribution in [2.75, 3.05) is 26.0 Å². The lowest BCUT2D eigenvalue weighted by Gasteiger charge is -2.42. The standard InChI is InChI=1S/C29H34N2O5S2/c1-29(2)27(28(32)33)31(18-19-37-29)38(34,35)25-14-12-23(13-15-25)22-10-8-21(9-11-22)20-30-17-16-24-6-4-5-7-26(24)36-3/h4-15,27,30H,16-20H2,1-3H3,(H,32,33)/t27-/m0/s1. The number of carbonyl (C=O) groups is 1. The first-order valence-corrected chi connectivity index (χ1v) is 15.0. The number of carboxylic acids is 1. The van der Waals surface area contributed by atoms with Gasteiger partial charge in [0.05, 0.1) is 12.0 Å². The minimum absolute atomic E-state index is 0.103. The summed E-state index contributed by atoms with van der Waals surface area (Å²) in [6, 6.07) is 21.7. The van der Waals surface area contributed by atoms with Gasteiger partial charge in [-0.3, -0.25) is 4.79 Å². The van der Waals surface area contributed by atoms with Gasteiger partial charge in [0.1, 0.15) is 11.8 Å². The van der Waals surface area contributed by atoms with Crippen molar-refractivity contribution in [2.24, 2.45) is 0 Å². The van der Waals surface area contributed by atoms with Gasteiger partial charge in [-0.1, -0.05) is 54.6 Å². The highest BCUT2D eigenvalue weighted by Gasteiger charge is 2.48. The highest BCUT2D eigenvalue weighted by Crippen LogP contribution is 2.38. The van der Waals surface area contributed by atoms with Gasteiger partial charge in [-0.2, -0.15) is 16.1 Å². The fourth-order valence-corrected chi connectivity index (χ4v) is 7.86. The minimum atomic E-state index is -3.95. The molecule has 202 valence electrons. The van der Waals surface area contributed by atoms with Gasteiger partial charge in [-0.05, 0) is 67.3 Å². The highest BCUT2D eigenvalue weighted by molar-refractivity contribution is 8.00. The highest BCUT2D eigenvalue weighted by atomic mass is 32.2. The van der Waals surface area contributed by atoms with Crippen LogP contribution in [0, 0.1) is 0 Å². The first-order valence-electron chi connectivity index (χ1n) is 12.5. The second-order valence-electron chi connectivity index (χ2n) is 9.77. The van der Waals surface area contributed by atoms with E-state index < -0.39 is 26.8 Å². The summed E-state index contributed by atoms with van der Waals surface area (Å²) in [4.78, 5) is 12.1. The lowest BCUT2D eigenvalue weighted by Crippen LogP contribution is -2.58. The summed E-state index contributed by atoms with van der Waals surface area (Å²) in [6.07, 6.45) is 0.873. The number of aliphatic carboxylic acids is 1. The van der Waals surface area contributed by atoms with E-state index in [0.29, 0.717) is 5.75 Å². The molecule has 7 nitrogen and oxygen atoms in total. The van der Waals surface area contributed by atoms with Crippen LogP contribution in [0.15, 0.2) is 77.7 Å². The van der Waals surface area contributed by atoms with Gasteiger partial charge < -0.3 is 15.2 Å². The molecule has 0 aromatic heterocycles. The summed E-state index contributed by atoms with van der Waals surface area (Å²) in [6.45, 7) is 5.29. The predicted octanol–water partition coefficient (Wildman–Crippen LogP) is 4.66. The van der Waals surface area contributed by atoms with Crippen molar-refractivity contribution in [3.8, 4) is 16.9 Å². The van der Waals surface area contributed by atoms with Gasteiger partial charge in [0, 0.05) is 23.6 Å². The molecule has 0 saturated carbocycles. The molecule has 0 spiro atoms. The fourth-order valence-electron chi connectivity index (χ4n) is 4.77. The maximum atomic E-state index is 13.4. The molecule has 1 atom stereocenters. The number of para-hydroxylation sites is 1. The van der Waals surface area contributed by atoms with E-state index in [-0.39, 0.29) is 11.4 Å². The Labute approximate surface area is 229 Å². The van der Waals surface area contributed by atoms with Crippen molar-refractivity contribution in [2.45, 2.75) is 42.5 Å². The van der Waals surface area contributed by atoms with E-state index in [2.05, 4.69) is 23.5 Å². The smallest absolute Gasteiger partial charge is 0.323 e. The van der Waals surface area contributed by atoms with Crippen LogP contribution in [0.4, 0.5) is 0 Å². The van der Waals surface area contributed by atoms with E-state index in [0.717, 1.165) is 46.3 Å². The zero-order valence-corrected chi connectivity index (χ0v) is 23.5. The van der Waals surface area contributed by atoms with Crippen LogP contribution in [0.5, 0.6) is 5.75 Å². The predicted molar refractivity (Wildman–Crippen MR) is 152 cm³/mol. The van der Waals surface area contributed by atoms with Crippen LogP contribution in [0.25, 0.3) is 11.1 Å². The normalized spacial score (nSPS) is 17.7. The van der Waals surface area contributed by atoms with Gasteiger partial charge in [0.25, 0.3) is 0 Å². The Morgan fingerprint density at radius 1 is 1.05 bits per heavy atom. The maximum Gasteiger partial charge on any atom is 0.323 e. The number of hydrogen-bond acceptors (Lipinski definition) is 6. The number of sulfonamides is 1. The van der Waals surface area contributed by atoms with Gasteiger partial charge in [-0.15, -0.1) is 0 Å². The molecule has 0 unspecified atom stereocenters. The molecular weight excluding hydrogens is 520 g/mol. The van der Waals surface area contributed by atoms with Crippen LogP contribution < -0.4 is 10.1 Å². The molecular formula is C29H34N2O5S2. The topological polar surface area (TPSA) is 95.9 Å². The number of methoxy groups -OCH3 is 1. The van der Waals surface area contributed by atoms with Gasteiger partial charge in [0.2, 0.25) is 10.0 Å². The number of rotatable bonds is 10. The van der Waals surface area contributed by atoms with Crippen LogP contribution in [0.2, 0.25) is 0 Å².